The van der Waals surface area contributed by atoms with Gasteiger partial charge in [0, 0.05) is 24.9 Å². The van der Waals surface area contributed by atoms with Gasteiger partial charge >= 0.3 is 5.97 Å². The molecule has 3 N–H and O–H groups in total. The predicted molar refractivity (Wildman–Crippen MR) is 63.5 cm³/mol. The maximum atomic E-state index is 11.4. The Morgan fingerprint density at radius 1 is 1.56 bits per heavy atom. The molecule has 0 saturated heterocycles. The van der Waals surface area contributed by atoms with Crippen LogP contribution in [0.3, 0.4) is 0 Å². The van der Waals surface area contributed by atoms with Gasteiger partial charge in [-0.3, -0.25) is 9.48 Å². The third-order valence-electron chi connectivity index (χ3n) is 2.20. The second kappa shape index (κ2) is 5.97. The number of carboxylic acid groups (broad SMARTS) is 1. The van der Waals surface area contributed by atoms with Crippen molar-refractivity contribution in [3.05, 3.63) is 24.0 Å². The number of amides is 1. The van der Waals surface area contributed by atoms with E-state index in [9.17, 15) is 14.7 Å². The molecule has 7 heteroatoms. The van der Waals surface area contributed by atoms with E-state index in [1.54, 1.807) is 24.1 Å². The van der Waals surface area contributed by atoms with Crippen molar-refractivity contribution in [2.75, 3.05) is 0 Å². The summed E-state index contributed by atoms with van der Waals surface area (Å²) in [7, 11) is 1.74. The van der Waals surface area contributed by atoms with Crippen molar-refractivity contribution in [2.24, 2.45) is 7.05 Å². The van der Waals surface area contributed by atoms with E-state index in [2.05, 4.69) is 10.4 Å². The number of aromatic nitrogens is 2. The van der Waals surface area contributed by atoms with Crippen LogP contribution in [0.1, 0.15) is 12.5 Å². The Morgan fingerprint density at radius 2 is 2.22 bits per heavy atom. The second-order valence-electron chi connectivity index (χ2n) is 3.85. The zero-order valence-corrected chi connectivity index (χ0v) is 10.1. The molecule has 1 amide bonds. The fourth-order valence-corrected chi connectivity index (χ4v) is 1.29. The fraction of sp³-hybridized carbons (Fsp3) is 0.364. The lowest BCUT2D eigenvalue weighted by atomic mass is 10.2. The Balaban J connectivity index is 2.60. The van der Waals surface area contributed by atoms with E-state index in [0.29, 0.717) is 0 Å². The van der Waals surface area contributed by atoms with Gasteiger partial charge in [-0.25, -0.2) is 4.79 Å². The first-order valence-electron chi connectivity index (χ1n) is 5.28. The molecule has 98 valence electrons. The van der Waals surface area contributed by atoms with Crippen LogP contribution in [0.2, 0.25) is 0 Å². The van der Waals surface area contributed by atoms with Crippen LogP contribution in [0.5, 0.6) is 0 Å². The number of nitrogens with one attached hydrogen (secondary N) is 1. The molecule has 0 radical (unpaired) electrons. The molecule has 0 fully saturated rings. The first-order chi connectivity index (χ1) is 8.40. The average molecular weight is 253 g/mol. The molecule has 0 aliphatic rings. The number of carbonyl (C=O) groups is 2. The number of rotatable bonds is 5. The van der Waals surface area contributed by atoms with Gasteiger partial charge in [0.1, 0.15) is 0 Å². The number of carboxylic acids is 1. The number of aliphatic hydroxyl groups excluding tert-OH is 1. The summed E-state index contributed by atoms with van der Waals surface area (Å²) in [5.41, 5.74) is 0.719. The molecule has 7 nitrogen and oxygen atoms in total. The number of nitrogens with zero attached hydrogens (tertiary/aromatic N) is 2. The summed E-state index contributed by atoms with van der Waals surface area (Å²) in [6, 6.07) is -1.32. The highest BCUT2D eigenvalue weighted by Gasteiger charge is 2.23. The largest absolute Gasteiger partial charge is 0.480 e. The van der Waals surface area contributed by atoms with E-state index < -0.39 is 24.0 Å². The summed E-state index contributed by atoms with van der Waals surface area (Å²) in [5, 5.41) is 24.1. The molecule has 2 unspecified atom stereocenters. The van der Waals surface area contributed by atoms with Crippen molar-refractivity contribution in [1.82, 2.24) is 15.1 Å². The van der Waals surface area contributed by atoms with Crippen LogP contribution >= 0.6 is 0 Å². The van der Waals surface area contributed by atoms with Crippen molar-refractivity contribution in [2.45, 2.75) is 19.1 Å². The number of hydrogen-bond donors (Lipinski definition) is 3. The minimum absolute atomic E-state index is 0.591. The average Bonchev–Trinajstić information content (AvgIpc) is 2.68. The third kappa shape index (κ3) is 4.02. The van der Waals surface area contributed by atoms with Gasteiger partial charge in [-0.1, -0.05) is 0 Å². The van der Waals surface area contributed by atoms with Gasteiger partial charge in [0.05, 0.1) is 12.3 Å². The van der Waals surface area contributed by atoms with Gasteiger partial charge < -0.3 is 15.5 Å². The topological polar surface area (TPSA) is 104 Å². The molecule has 2 atom stereocenters. The highest BCUT2D eigenvalue weighted by molar-refractivity contribution is 5.94. The maximum Gasteiger partial charge on any atom is 0.328 e. The highest BCUT2D eigenvalue weighted by atomic mass is 16.4. The maximum absolute atomic E-state index is 11.4. The lowest BCUT2D eigenvalue weighted by molar-refractivity contribution is -0.144. The monoisotopic (exact) mass is 253 g/mol. The quantitative estimate of drug-likeness (QED) is 0.607. The van der Waals surface area contributed by atoms with E-state index >= 15 is 0 Å². The molecular formula is C11H15N3O4. The van der Waals surface area contributed by atoms with Crippen molar-refractivity contribution < 1.29 is 19.8 Å². The lowest BCUT2D eigenvalue weighted by Gasteiger charge is -2.15. The number of carbonyl (C=O) groups excluding carboxylic acids is 1. The van der Waals surface area contributed by atoms with Crippen LogP contribution in [0.4, 0.5) is 0 Å². The SMILES string of the molecule is CC(O)C(NC(=O)/C=C/c1cnn(C)c1)C(=O)O. The van der Waals surface area contributed by atoms with E-state index in [4.69, 9.17) is 5.11 Å². The highest BCUT2D eigenvalue weighted by Crippen LogP contribution is 1.99. The molecule has 0 spiro atoms. The Hall–Kier alpha value is -2.15. The number of aliphatic carboxylic acids is 1. The molecule has 0 saturated carbocycles. The second-order valence-corrected chi connectivity index (χ2v) is 3.85. The summed E-state index contributed by atoms with van der Waals surface area (Å²) >= 11 is 0. The van der Waals surface area contributed by atoms with Crippen LogP contribution in [0.25, 0.3) is 6.08 Å². The Bertz CT molecular complexity index is 465. The number of hydrogen-bond acceptors (Lipinski definition) is 4. The molecule has 1 aromatic rings. The molecule has 1 heterocycles. The van der Waals surface area contributed by atoms with Gasteiger partial charge in [-0.15, -0.1) is 0 Å². The van der Waals surface area contributed by atoms with Gasteiger partial charge in [-0.2, -0.15) is 5.10 Å². The first kappa shape index (κ1) is 13.9. The van der Waals surface area contributed by atoms with Crippen molar-refractivity contribution in [1.29, 1.82) is 0 Å². The summed E-state index contributed by atoms with van der Waals surface area (Å²) < 4.78 is 1.58. The number of aryl methyl sites for hydroxylation is 1. The van der Waals surface area contributed by atoms with Crippen LogP contribution in [-0.2, 0) is 16.6 Å². The molecule has 0 aromatic carbocycles. The van der Waals surface area contributed by atoms with Gasteiger partial charge in [0.25, 0.3) is 0 Å². The van der Waals surface area contributed by atoms with E-state index in [-0.39, 0.29) is 0 Å². The molecule has 18 heavy (non-hydrogen) atoms. The smallest absolute Gasteiger partial charge is 0.328 e. The first-order valence-corrected chi connectivity index (χ1v) is 5.28. The molecule has 0 bridgehead atoms. The van der Waals surface area contributed by atoms with Gasteiger partial charge in [0.15, 0.2) is 6.04 Å². The lowest BCUT2D eigenvalue weighted by Crippen LogP contribution is -2.47. The summed E-state index contributed by atoms with van der Waals surface area (Å²) in [4.78, 5) is 22.2. The number of aliphatic hydroxyl groups is 1. The third-order valence-corrected chi connectivity index (χ3v) is 2.20. The van der Waals surface area contributed by atoms with Crippen molar-refractivity contribution in [3.8, 4) is 0 Å². The van der Waals surface area contributed by atoms with Crippen LogP contribution in [0.15, 0.2) is 18.5 Å². The Morgan fingerprint density at radius 3 is 2.67 bits per heavy atom. The Labute approximate surface area is 104 Å². The van der Waals surface area contributed by atoms with Crippen molar-refractivity contribution >= 4 is 18.0 Å². The van der Waals surface area contributed by atoms with Crippen LogP contribution in [-0.4, -0.2) is 44.0 Å². The van der Waals surface area contributed by atoms with Crippen LogP contribution < -0.4 is 5.32 Å². The molecule has 0 aliphatic carbocycles. The summed E-state index contributed by atoms with van der Waals surface area (Å²) in [6.07, 6.45) is 4.79. The summed E-state index contributed by atoms with van der Waals surface area (Å²) in [5.74, 6) is -1.87. The van der Waals surface area contributed by atoms with E-state index in [0.717, 1.165) is 5.56 Å². The molecule has 1 aromatic heterocycles. The Kier molecular flexibility index (Phi) is 4.61. The zero-order chi connectivity index (χ0) is 13.7. The zero-order valence-electron chi connectivity index (χ0n) is 10.1. The molecular weight excluding hydrogens is 238 g/mol. The van der Waals surface area contributed by atoms with E-state index in [1.165, 1.54) is 19.1 Å². The molecule has 1 rings (SSSR count). The van der Waals surface area contributed by atoms with Crippen molar-refractivity contribution in [3.63, 3.8) is 0 Å². The fourth-order valence-electron chi connectivity index (χ4n) is 1.29. The minimum Gasteiger partial charge on any atom is -0.480 e. The summed E-state index contributed by atoms with van der Waals surface area (Å²) in [6.45, 7) is 1.30. The van der Waals surface area contributed by atoms with Gasteiger partial charge in [-0.05, 0) is 13.0 Å². The predicted octanol–water partition coefficient (Wildman–Crippen LogP) is -0.617. The minimum atomic E-state index is -1.32. The van der Waals surface area contributed by atoms with Gasteiger partial charge in [0.2, 0.25) is 5.91 Å². The standard InChI is InChI=1S/C11H15N3O4/c1-7(15)10(11(17)18)13-9(16)4-3-8-5-12-14(2)6-8/h3-7,10,15H,1-2H3,(H,13,16)(H,17,18)/b4-3+. The normalized spacial score (nSPS) is 14.4. The van der Waals surface area contributed by atoms with E-state index in [1.807, 2.05) is 0 Å². The van der Waals surface area contributed by atoms with Crippen LogP contribution in [0, 0.1) is 0 Å². The molecule has 0 aliphatic heterocycles.